The summed E-state index contributed by atoms with van der Waals surface area (Å²) in [6, 6.07) is 12.4. The second-order valence-corrected chi connectivity index (χ2v) is 6.55. The molecule has 4 N–H and O–H groups in total. The highest BCUT2D eigenvalue weighted by Gasteiger charge is 2.15. The summed E-state index contributed by atoms with van der Waals surface area (Å²) < 4.78 is 22.3. The Balaban J connectivity index is 2.05. The molecule has 7 nitrogen and oxygen atoms in total. The van der Waals surface area contributed by atoms with E-state index in [1.807, 2.05) is 19.1 Å². The normalized spacial score (nSPS) is 10.9. The van der Waals surface area contributed by atoms with Gasteiger partial charge in [-0.3, -0.25) is 9.59 Å². The molecule has 0 saturated heterocycles. The number of anilines is 2. The van der Waals surface area contributed by atoms with Gasteiger partial charge in [0.05, 0.1) is 4.90 Å². The van der Waals surface area contributed by atoms with Crippen molar-refractivity contribution in [2.45, 2.75) is 18.2 Å². The van der Waals surface area contributed by atoms with Gasteiger partial charge < -0.3 is 10.6 Å². The van der Waals surface area contributed by atoms with Crippen molar-refractivity contribution >= 4 is 33.2 Å². The third-order valence-electron chi connectivity index (χ3n) is 3.29. The van der Waals surface area contributed by atoms with Gasteiger partial charge in [0, 0.05) is 11.4 Å². The lowest BCUT2D eigenvalue weighted by atomic mass is 10.1. The van der Waals surface area contributed by atoms with Gasteiger partial charge in [-0.25, -0.2) is 13.6 Å². The van der Waals surface area contributed by atoms with Gasteiger partial charge in [-0.1, -0.05) is 25.1 Å². The summed E-state index contributed by atoms with van der Waals surface area (Å²) in [6.45, 7) is 1.94. The predicted molar refractivity (Wildman–Crippen MR) is 90.9 cm³/mol. The highest BCUT2D eigenvalue weighted by molar-refractivity contribution is 7.89. The van der Waals surface area contributed by atoms with E-state index < -0.39 is 21.8 Å². The summed E-state index contributed by atoms with van der Waals surface area (Å²) in [5, 5.41) is 9.93. The molecular formula is C16H17N3O4S. The minimum atomic E-state index is -3.80. The predicted octanol–water partition coefficient (Wildman–Crippen LogP) is 1.47. The molecule has 0 heterocycles. The number of carbonyl (C=O) groups is 2. The van der Waals surface area contributed by atoms with Gasteiger partial charge in [-0.2, -0.15) is 0 Å². The largest absolute Gasteiger partial charge is 0.318 e. The van der Waals surface area contributed by atoms with Crippen LogP contribution in [0.4, 0.5) is 11.4 Å². The van der Waals surface area contributed by atoms with Crippen molar-refractivity contribution in [3.8, 4) is 0 Å². The first kappa shape index (κ1) is 17.6. The van der Waals surface area contributed by atoms with E-state index in [9.17, 15) is 18.0 Å². The molecule has 24 heavy (non-hydrogen) atoms. The fraction of sp³-hybridized carbons (Fsp3) is 0.125. The van der Waals surface area contributed by atoms with E-state index >= 15 is 0 Å². The van der Waals surface area contributed by atoms with Gasteiger partial charge in [0.1, 0.15) is 0 Å². The molecule has 0 unspecified atom stereocenters. The number of hydrogen-bond donors (Lipinski definition) is 3. The molecule has 0 bridgehead atoms. The van der Waals surface area contributed by atoms with Crippen molar-refractivity contribution in [2.75, 3.05) is 10.6 Å². The average molecular weight is 347 g/mol. The molecule has 2 aromatic rings. The van der Waals surface area contributed by atoms with Gasteiger partial charge in [0.2, 0.25) is 10.0 Å². The van der Waals surface area contributed by atoms with Gasteiger partial charge in [0.25, 0.3) is 0 Å². The quantitative estimate of drug-likeness (QED) is 0.726. The number of primary sulfonamides is 1. The molecule has 0 aliphatic heterocycles. The summed E-state index contributed by atoms with van der Waals surface area (Å²) >= 11 is 0. The summed E-state index contributed by atoms with van der Waals surface area (Å²) in [7, 11) is -3.80. The second-order valence-electron chi connectivity index (χ2n) is 4.99. The zero-order valence-electron chi connectivity index (χ0n) is 12.9. The number of nitrogens with one attached hydrogen (secondary N) is 2. The number of nitrogens with two attached hydrogens (primary N) is 1. The SMILES string of the molecule is CCc1ccccc1NC(=O)C(=O)Nc1ccc(S(N)(=O)=O)cc1. The highest BCUT2D eigenvalue weighted by atomic mass is 32.2. The monoisotopic (exact) mass is 347 g/mol. The molecular weight excluding hydrogens is 330 g/mol. The summed E-state index contributed by atoms with van der Waals surface area (Å²) in [4.78, 5) is 23.8. The van der Waals surface area contributed by atoms with E-state index in [1.165, 1.54) is 24.3 Å². The molecule has 0 radical (unpaired) electrons. The van der Waals surface area contributed by atoms with E-state index in [-0.39, 0.29) is 10.6 Å². The number of rotatable bonds is 4. The summed E-state index contributed by atoms with van der Waals surface area (Å²) in [5.41, 5.74) is 1.77. The minimum absolute atomic E-state index is 0.0816. The van der Waals surface area contributed by atoms with Gasteiger partial charge >= 0.3 is 11.8 Å². The summed E-state index contributed by atoms with van der Waals surface area (Å²) in [6.07, 6.45) is 0.715. The molecule has 0 aliphatic carbocycles. The number of sulfonamides is 1. The van der Waals surface area contributed by atoms with E-state index in [0.717, 1.165) is 5.56 Å². The van der Waals surface area contributed by atoms with Crippen LogP contribution in [0.5, 0.6) is 0 Å². The maximum absolute atomic E-state index is 12.0. The molecule has 0 spiro atoms. The van der Waals surface area contributed by atoms with Crippen molar-refractivity contribution in [1.82, 2.24) is 0 Å². The molecule has 2 amide bonds. The molecule has 0 saturated carbocycles. The topological polar surface area (TPSA) is 118 Å². The fourth-order valence-corrected chi connectivity index (χ4v) is 2.56. The van der Waals surface area contributed by atoms with Crippen LogP contribution < -0.4 is 15.8 Å². The van der Waals surface area contributed by atoms with Crippen molar-refractivity contribution in [2.24, 2.45) is 5.14 Å². The Morgan fingerprint density at radius 1 is 0.958 bits per heavy atom. The van der Waals surface area contributed by atoms with Gasteiger partial charge in [-0.15, -0.1) is 0 Å². The maximum Gasteiger partial charge on any atom is 0.314 e. The lowest BCUT2D eigenvalue weighted by molar-refractivity contribution is -0.133. The Morgan fingerprint density at radius 3 is 2.12 bits per heavy atom. The van der Waals surface area contributed by atoms with E-state index in [4.69, 9.17) is 5.14 Å². The number of amides is 2. The Hall–Kier alpha value is -2.71. The number of benzene rings is 2. The zero-order valence-corrected chi connectivity index (χ0v) is 13.8. The maximum atomic E-state index is 12.0. The van der Waals surface area contributed by atoms with E-state index in [2.05, 4.69) is 10.6 Å². The molecule has 2 rings (SSSR count). The molecule has 0 aliphatic rings. The first-order valence-electron chi connectivity index (χ1n) is 7.14. The van der Waals surface area contributed by atoms with Crippen molar-refractivity contribution in [3.63, 3.8) is 0 Å². The Morgan fingerprint density at radius 2 is 1.54 bits per heavy atom. The highest BCUT2D eigenvalue weighted by Crippen LogP contribution is 2.16. The molecule has 126 valence electrons. The number of para-hydroxylation sites is 1. The van der Waals surface area contributed by atoms with Crippen molar-refractivity contribution in [3.05, 3.63) is 54.1 Å². The molecule has 0 fully saturated rings. The summed E-state index contributed by atoms with van der Waals surface area (Å²) in [5.74, 6) is -1.67. The van der Waals surface area contributed by atoms with Crippen LogP contribution in [-0.2, 0) is 26.0 Å². The van der Waals surface area contributed by atoms with Gasteiger partial charge in [-0.05, 0) is 42.3 Å². The molecule has 8 heteroatoms. The second kappa shape index (κ2) is 7.24. The van der Waals surface area contributed by atoms with Crippen LogP contribution in [0.2, 0.25) is 0 Å². The van der Waals surface area contributed by atoms with Gasteiger partial charge in [0.15, 0.2) is 0 Å². The molecule has 0 atom stereocenters. The zero-order chi connectivity index (χ0) is 17.7. The van der Waals surface area contributed by atoms with Crippen LogP contribution in [0.1, 0.15) is 12.5 Å². The third-order valence-corrected chi connectivity index (χ3v) is 4.22. The number of carbonyl (C=O) groups excluding carboxylic acids is 2. The van der Waals surface area contributed by atoms with Crippen molar-refractivity contribution in [1.29, 1.82) is 0 Å². The molecule has 2 aromatic carbocycles. The Bertz CT molecular complexity index is 861. The number of aryl methyl sites for hydroxylation is 1. The average Bonchev–Trinajstić information content (AvgIpc) is 2.55. The van der Waals surface area contributed by atoms with Crippen LogP contribution in [0.3, 0.4) is 0 Å². The lowest BCUT2D eigenvalue weighted by Crippen LogP contribution is -2.29. The van der Waals surface area contributed by atoms with Crippen LogP contribution in [0.25, 0.3) is 0 Å². The first-order valence-corrected chi connectivity index (χ1v) is 8.69. The fourth-order valence-electron chi connectivity index (χ4n) is 2.05. The molecule has 0 aromatic heterocycles. The lowest BCUT2D eigenvalue weighted by Gasteiger charge is -2.10. The van der Waals surface area contributed by atoms with E-state index in [0.29, 0.717) is 12.1 Å². The third kappa shape index (κ3) is 4.40. The minimum Gasteiger partial charge on any atom is -0.318 e. The van der Waals surface area contributed by atoms with E-state index in [1.54, 1.807) is 12.1 Å². The Kier molecular flexibility index (Phi) is 5.32. The van der Waals surface area contributed by atoms with Crippen molar-refractivity contribution < 1.29 is 18.0 Å². The first-order chi connectivity index (χ1) is 11.3. The van der Waals surface area contributed by atoms with Crippen LogP contribution in [0.15, 0.2) is 53.4 Å². The number of hydrogen-bond acceptors (Lipinski definition) is 4. The smallest absolute Gasteiger partial charge is 0.314 e. The Labute approximate surface area is 139 Å². The standard InChI is InChI=1S/C16H17N3O4S/c1-2-11-5-3-4-6-14(11)19-16(21)15(20)18-12-7-9-13(10-8-12)24(17,22)23/h3-10H,2H2,1H3,(H,18,20)(H,19,21)(H2,17,22,23). The van der Waals surface area contributed by atoms with Crippen LogP contribution in [-0.4, -0.2) is 20.2 Å². The van der Waals surface area contributed by atoms with Crippen LogP contribution in [0, 0.1) is 0 Å². The van der Waals surface area contributed by atoms with Crippen LogP contribution >= 0.6 is 0 Å².